The molecule has 0 bridgehead atoms. The zero-order valence-electron chi connectivity index (χ0n) is 12.7. The fraction of sp³-hybridized carbons (Fsp3) is 0.562. The van der Waals surface area contributed by atoms with E-state index in [9.17, 15) is 13.2 Å². The second kappa shape index (κ2) is 6.71. The summed E-state index contributed by atoms with van der Waals surface area (Å²) in [6, 6.07) is 8.49. The average molecular weight is 309 g/mol. The zero-order valence-corrected chi connectivity index (χ0v) is 13.5. The maximum atomic E-state index is 12.5. The van der Waals surface area contributed by atoms with Crippen molar-refractivity contribution in [2.24, 2.45) is 11.8 Å². The standard InChI is InChI=1S/C16H23NO3S/c1-13(2)12-16(18)14-8-10-17(11-9-14)21(19,20)15-6-4-3-5-7-15/h3-7,13-14H,8-12H2,1-2H3. The summed E-state index contributed by atoms with van der Waals surface area (Å²) in [5, 5.41) is 0. The molecule has 1 aromatic rings. The zero-order chi connectivity index (χ0) is 15.5. The molecule has 1 fully saturated rings. The minimum absolute atomic E-state index is 0.0228. The van der Waals surface area contributed by atoms with E-state index >= 15 is 0 Å². The highest BCUT2D eigenvalue weighted by Gasteiger charge is 2.31. The number of carbonyl (C=O) groups is 1. The Bertz CT molecular complexity index is 573. The van der Waals surface area contributed by atoms with E-state index in [-0.39, 0.29) is 11.7 Å². The van der Waals surface area contributed by atoms with Gasteiger partial charge in [0, 0.05) is 25.4 Å². The van der Waals surface area contributed by atoms with E-state index in [0.29, 0.717) is 43.2 Å². The van der Waals surface area contributed by atoms with Gasteiger partial charge in [-0.1, -0.05) is 32.0 Å². The molecule has 1 aliphatic rings. The van der Waals surface area contributed by atoms with Crippen LogP contribution in [0.3, 0.4) is 0 Å². The molecule has 0 atom stereocenters. The number of nitrogens with zero attached hydrogens (tertiary/aromatic N) is 1. The second-order valence-electron chi connectivity index (χ2n) is 6.06. The Morgan fingerprint density at radius 2 is 1.76 bits per heavy atom. The van der Waals surface area contributed by atoms with Crippen molar-refractivity contribution < 1.29 is 13.2 Å². The Hall–Kier alpha value is -1.20. The van der Waals surface area contributed by atoms with E-state index in [2.05, 4.69) is 0 Å². The molecule has 4 nitrogen and oxygen atoms in total. The Morgan fingerprint density at radius 3 is 2.29 bits per heavy atom. The molecule has 0 unspecified atom stereocenters. The predicted molar refractivity (Wildman–Crippen MR) is 82.4 cm³/mol. The van der Waals surface area contributed by atoms with E-state index in [1.54, 1.807) is 30.3 Å². The predicted octanol–water partition coefficient (Wildman–Crippen LogP) is 2.70. The van der Waals surface area contributed by atoms with Gasteiger partial charge in [0.25, 0.3) is 0 Å². The number of benzene rings is 1. The van der Waals surface area contributed by atoms with Crippen LogP contribution in [-0.2, 0) is 14.8 Å². The van der Waals surface area contributed by atoms with Gasteiger partial charge in [0.1, 0.15) is 5.78 Å². The summed E-state index contributed by atoms with van der Waals surface area (Å²) in [5.74, 6) is 0.667. The van der Waals surface area contributed by atoms with Crippen LogP contribution < -0.4 is 0 Å². The molecule has 116 valence electrons. The highest BCUT2D eigenvalue weighted by molar-refractivity contribution is 7.89. The van der Waals surface area contributed by atoms with Gasteiger partial charge < -0.3 is 0 Å². The summed E-state index contributed by atoms with van der Waals surface area (Å²) >= 11 is 0. The first kappa shape index (κ1) is 16.2. The van der Waals surface area contributed by atoms with Crippen LogP contribution in [0.2, 0.25) is 0 Å². The third-order valence-electron chi connectivity index (χ3n) is 3.90. The van der Waals surface area contributed by atoms with Gasteiger partial charge in [-0.25, -0.2) is 8.42 Å². The monoisotopic (exact) mass is 309 g/mol. The second-order valence-corrected chi connectivity index (χ2v) is 7.99. The largest absolute Gasteiger partial charge is 0.299 e. The number of carbonyl (C=O) groups excluding carboxylic acids is 1. The van der Waals surface area contributed by atoms with Crippen LogP contribution in [0.25, 0.3) is 0 Å². The van der Waals surface area contributed by atoms with Crippen molar-refractivity contribution in [3.05, 3.63) is 30.3 Å². The van der Waals surface area contributed by atoms with Crippen molar-refractivity contribution in [2.45, 2.75) is 38.0 Å². The summed E-state index contributed by atoms with van der Waals surface area (Å²) in [7, 11) is -3.41. The lowest BCUT2D eigenvalue weighted by molar-refractivity contribution is -0.124. The van der Waals surface area contributed by atoms with Crippen LogP contribution in [0, 0.1) is 11.8 Å². The lowest BCUT2D eigenvalue weighted by atomic mass is 9.89. The van der Waals surface area contributed by atoms with Gasteiger partial charge in [-0.2, -0.15) is 4.31 Å². The molecule has 0 aliphatic carbocycles. The van der Waals surface area contributed by atoms with Crippen LogP contribution in [-0.4, -0.2) is 31.6 Å². The quantitative estimate of drug-likeness (QED) is 0.840. The van der Waals surface area contributed by atoms with Crippen molar-refractivity contribution in [1.29, 1.82) is 0 Å². The van der Waals surface area contributed by atoms with Crippen LogP contribution >= 0.6 is 0 Å². The van der Waals surface area contributed by atoms with Crippen molar-refractivity contribution >= 4 is 15.8 Å². The molecule has 0 aromatic heterocycles. The molecule has 5 heteroatoms. The lowest BCUT2D eigenvalue weighted by Crippen LogP contribution is -2.40. The van der Waals surface area contributed by atoms with Crippen molar-refractivity contribution in [2.75, 3.05) is 13.1 Å². The normalized spacial score (nSPS) is 18.0. The minimum atomic E-state index is -3.41. The first-order chi connectivity index (χ1) is 9.91. The van der Waals surface area contributed by atoms with E-state index in [1.807, 2.05) is 13.8 Å². The molecule has 1 saturated heterocycles. The summed E-state index contributed by atoms with van der Waals surface area (Å²) in [6.45, 7) is 4.94. The highest BCUT2D eigenvalue weighted by Crippen LogP contribution is 2.25. The lowest BCUT2D eigenvalue weighted by Gasteiger charge is -2.30. The summed E-state index contributed by atoms with van der Waals surface area (Å²) in [6.07, 6.45) is 1.87. The summed E-state index contributed by atoms with van der Waals surface area (Å²) < 4.78 is 26.5. The molecule has 1 heterocycles. The first-order valence-electron chi connectivity index (χ1n) is 7.49. The molecule has 1 aromatic carbocycles. The molecule has 0 spiro atoms. The molecular formula is C16H23NO3S. The number of piperidine rings is 1. The van der Waals surface area contributed by atoms with Gasteiger partial charge in [-0.05, 0) is 30.9 Å². The van der Waals surface area contributed by atoms with Crippen molar-refractivity contribution in [1.82, 2.24) is 4.31 Å². The first-order valence-corrected chi connectivity index (χ1v) is 8.93. The van der Waals surface area contributed by atoms with Crippen molar-refractivity contribution in [3.8, 4) is 0 Å². The molecule has 0 N–H and O–H groups in total. The van der Waals surface area contributed by atoms with Gasteiger partial charge in [0.15, 0.2) is 0 Å². The average Bonchev–Trinajstić information content (AvgIpc) is 2.47. The number of hydrogen-bond donors (Lipinski definition) is 0. The maximum absolute atomic E-state index is 12.5. The molecule has 2 rings (SSSR count). The number of ketones is 1. The third kappa shape index (κ3) is 3.92. The Kier molecular flexibility index (Phi) is 5.17. The number of sulfonamides is 1. The number of rotatable bonds is 5. The summed E-state index contributed by atoms with van der Waals surface area (Å²) in [5.41, 5.74) is 0. The summed E-state index contributed by atoms with van der Waals surface area (Å²) in [4.78, 5) is 12.4. The van der Waals surface area contributed by atoms with Gasteiger partial charge in [0.05, 0.1) is 4.90 Å². The van der Waals surface area contributed by atoms with Crippen LogP contribution in [0.4, 0.5) is 0 Å². The fourth-order valence-electron chi connectivity index (χ4n) is 2.73. The molecule has 21 heavy (non-hydrogen) atoms. The topological polar surface area (TPSA) is 54.5 Å². The SMILES string of the molecule is CC(C)CC(=O)C1CCN(S(=O)(=O)c2ccccc2)CC1. The Labute approximate surface area is 127 Å². The number of Topliss-reactive ketones (excluding diaryl/α,β-unsaturated/α-hetero) is 1. The van der Waals surface area contributed by atoms with Crippen LogP contribution in [0.15, 0.2) is 35.2 Å². The Balaban J connectivity index is 2.00. The van der Waals surface area contributed by atoms with E-state index in [0.717, 1.165) is 0 Å². The fourth-order valence-corrected chi connectivity index (χ4v) is 4.22. The smallest absolute Gasteiger partial charge is 0.243 e. The maximum Gasteiger partial charge on any atom is 0.243 e. The van der Waals surface area contributed by atoms with Crippen LogP contribution in [0.5, 0.6) is 0 Å². The molecular weight excluding hydrogens is 286 g/mol. The molecule has 0 amide bonds. The van der Waals surface area contributed by atoms with Gasteiger partial charge in [-0.3, -0.25) is 4.79 Å². The highest BCUT2D eigenvalue weighted by atomic mass is 32.2. The molecule has 1 aliphatic heterocycles. The van der Waals surface area contributed by atoms with Crippen molar-refractivity contribution in [3.63, 3.8) is 0 Å². The molecule has 0 saturated carbocycles. The minimum Gasteiger partial charge on any atom is -0.299 e. The van der Waals surface area contributed by atoms with Gasteiger partial charge in [-0.15, -0.1) is 0 Å². The van der Waals surface area contributed by atoms with E-state index in [4.69, 9.17) is 0 Å². The van der Waals surface area contributed by atoms with E-state index < -0.39 is 10.0 Å². The number of hydrogen-bond acceptors (Lipinski definition) is 3. The third-order valence-corrected chi connectivity index (χ3v) is 5.81. The van der Waals surface area contributed by atoms with Gasteiger partial charge in [0.2, 0.25) is 10.0 Å². The van der Waals surface area contributed by atoms with Gasteiger partial charge >= 0.3 is 0 Å². The van der Waals surface area contributed by atoms with E-state index in [1.165, 1.54) is 4.31 Å². The Morgan fingerprint density at radius 1 is 1.19 bits per heavy atom. The van der Waals surface area contributed by atoms with Crippen LogP contribution in [0.1, 0.15) is 33.1 Å². The molecule has 0 radical (unpaired) electrons.